The lowest BCUT2D eigenvalue weighted by Crippen LogP contribution is -2.39. The largest absolute Gasteiger partial charge is 0.435 e. The molecule has 0 saturated carbocycles. The van der Waals surface area contributed by atoms with E-state index in [0.29, 0.717) is 61.2 Å². The summed E-state index contributed by atoms with van der Waals surface area (Å²) in [6.07, 6.45) is -3.87. The van der Waals surface area contributed by atoms with E-state index in [1.165, 1.54) is 4.90 Å². The highest BCUT2D eigenvalue weighted by Gasteiger charge is 2.35. The summed E-state index contributed by atoms with van der Waals surface area (Å²) in [6, 6.07) is 5.62. The van der Waals surface area contributed by atoms with Crippen LogP contribution < -0.4 is 5.73 Å². The Labute approximate surface area is 182 Å². The SMILES string of the molecule is Nc1cccc(Cl)c1CN(CCN1CCCC(F)CC1)C(=O)c1cc(C(F)(F)F)n[nH]1. The number of rotatable bonds is 6. The van der Waals surface area contributed by atoms with Gasteiger partial charge >= 0.3 is 6.18 Å². The van der Waals surface area contributed by atoms with Gasteiger partial charge in [-0.25, -0.2) is 4.39 Å². The van der Waals surface area contributed by atoms with Crippen molar-refractivity contribution in [1.29, 1.82) is 0 Å². The number of aromatic amines is 1. The van der Waals surface area contributed by atoms with Gasteiger partial charge in [0, 0.05) is 48.5 Å². The highest BCUT2D eigenvalue weighted by Crippen LogP contribution is 2.29. The number of H-pyrrole nitrogens is 1. The molecule has 0 spiro atoms. The van der Waals surface area contributed by atoms with Crippen molar-refractivity contribution in [3.8, 4) is 0 Å². The fourth-order valence-electron chi connectivity index (χ4n) is 3.53. The van der Waals surface area contributed by atoms with Crippen LogP contribution in [0.4, 0.5) is 23.2 Å². The average molecular weight is 462 g/mol. The van der Waals surface area contributed by atoms with Crippen LogP contribution in [0.3, 0.4) is 0 Å². The second-order valence-electron chi connectivity index (χ2n) is 7.57. The minimum atomic E-state index is -4.66. The van der Waals surface area contributed by atoms with Crippen LogP contribution in [-0.2, 0) is 12.7 Å². The zero-order valence-corrected chi connectivity index (χ0v) is 17.5. The van der Waals surface area contributed by atoms with Crippen LogP contribution in [0.25, 0.3) is 0 Å². The molecule has 31 heavy (non-hydrogen) atoms. The molecule has 1 fully saturated rings. The molecule has 1 aliphatic heterocycles. The van der Waals surface area contributed by atoms with E-state index in [2.05, 4.69) is 10.2 Å². The standard InChI is InChI=1S/C20H24ClF4N5O/c21-15-4-1-5-16(26)14(15)12-30(10-9-29-7-2-3-13(22)6-8-29)19(31)17-11-18(28-27-17)20(23,24)25/h1,4-5,11,13H,2-3,6-10,12,26H2,(H,27,28). The summed E-state index contributed by atoms with van der Waals surface area (Å²) in [5.74, 6) is -0.652. The number of carbonyl (C=O) groups excluding carboxylic acids is 1. The van der Waals surface area contributed by atoms with Crippen LogP contribution in [0, 0.1) is 0 Å². The van der Waals surface area contributed by atoms with Crippen LogP contribution in [0.2, 0.25) is 5.02 Å². The summed E-state index contributed by atoms with van der Waals surface area (Å²) in [5.41, 5.74) is 5.43. The summed E-state index contributed by atoms with van der Waals surface area (Å²) < 4.78 is 52.3. The molecule has 3 rings (SSSR count). The Morgan fingerprint density at radius 1 is 1.32 bits per heavy atom. The molecule has 0 radical (unpaired) electrons. The second-order valence-corrected chi connectivity index (χ2v) is 7.98. The summed E-state index contributed by atoms with van der Waals surface area (Å²) >= 11 is 6.24. The van der Waals surface area contributed by atoms with Crippen molar-refractivity contribution in [2.75, 3.05) is 31.9 Å². The van der Waals surface area contributed by atoms with Crippen LogP contribution in [0.15, 0.2) is 24.3 Å². The topological polar surface area (TPSA) is 78.2 Å². The average Bonchev–Trinajstić information content (AvgIpc) is 3.12. The first-order chi connectivity index (χ1) is 14.6. The smallest absolute Gasteiger partial charge is 0.398 e. The van der Waals surface area contributed by atoms with Crippen molar-refractivity contribution < 1.29 is 22.4 Å². The maximum atomic E-state index is 13.6. The van der Waals surface area contributed by atoms with Gasteiger partial charge in [0.05, 0.1) is 0 Å². The van der Waals surface area contributed by atoms with Gasteiger partial charge in [-0.05, 0) is 37.9 Å². The summed E-state index contributed by atoms with van der Waals surface area (Å²) in [4.78, 5) is 16.5. The van der Waals surface area contributed by atoms with Crippen LogP contribution in [0.5, 0.6) is 0 Å². The second kappa shape index (κ2) is 9.86. The number of alkyl halides is 4. The van der Waals surface area contributed by atoms with E-state index >= 15 is 0 Å². The first-order valence-electron chi connectivity index (χ1n) is 9.96. The number of aromatic nitrogens is 2. The fourth-order valence-corrected chi connectivity index (χ4v) is 3.77. The van der Waals surface area contributed by atoms with Gasteiger partial charge in [-0.15, -0.1) is 0 Å². The van der Waals surface area contributed by atoms with E-state index in [1.54, 1.807) is 18.2 Å². The first-order valence-corrected chi connectivity index (χ1v) is 10.3. The number of benzene rings is 1. The molecule has 2 heterocycles. The number of hydrogen-bond acceptors (Lipinski definition) is 4. The van der Waals surface area contributed by atoms with Gasteiger partial charge < -0.3 is 15.5 Å². The molecule has 1 aromatic carbocycles. The zero-order chi connectivity index (χ0) is 22.6. The molecular formula is C20H24ClF4N5O. The van der Waals surface area contributed by atoms with Crippen molar-refractivity contribution in [3.63, 3.8) is 0 Å². The molecule has 1 aliphatic rings. The van der Waals surface area contributed by atoms with Crippen LogP contribution >= 0.6 is 11.6 Å². The van der Waals surface area contributed by atoms with E-state index in [-0.39, 0.29) is 18.8 Å². The highest BCUT2D eigenvalue weighted by molar-refractivity contribution is 6.31. The lowest BCUT2D eigenvalue weighted by Gasteiger charge is -2.27. The molecule has 1 atom stereocenters. The van der Waals surface area contributed by atoms with Crippen molar-refractivity contribution in [2.45, 2.75) is 38.2 Å². The van der Waals surface area contributed by atoms with Crippen molar-refractivity contribution in [3.05, 3.63) is 46.2 Å². The number of amides is 1. The molecular weight excluding hydrogens is 438 g/mol. The van der Waals surface area contributed by atoms with Crippen molar-refractivity contribution >= 4 is 23.2 Å². The number of nitrogens with two attached hydrogens (primary N) is 1. The molecule has 1 aromatic heterocycles. The summed E-state index contributed by atoms with van der Waals surface area (Å²) in [7, 11) is 0. The van der Waals surface area contributed by atoms with Gasteiger partial charge in [-0.2, -0.15) is 18.3 Å². The molecule has 11 heteroatoms. The van der Waals surface area contributed by atoms with E-state index in [4.69, 9.17) is 17.3 Å². The fraction of sp³-hybridized carbons (Fsp3) is 0.500. The Balaban J connectivity index is 1.79. The molecule has 6 nitrogen and oxygen atoms in total. The maximum Gasteiger partial charge on any atom is 0.435 e. The van der Waals surface area contributed by atoms with Gasteiger partial charge in [0.2, 0.25) is 0 Å². The quantitative estimate of drug-likeness (QED) is 0.501. The number of hydrogen-bond donors (Lipinski definition) is 2. The molecule has 1 saturated heterocycles. The number of nitrogen functional groups attached to an aromatic ring is 1. The Bertz CT molecular complexity index is 884. The number of nitrogens with zero attached hydrogens (tertiary/aromatic N) is 3. The maximum absolute atomic E-state index is 13.6. The molecule has 2 aromatic rings. The number of halogens is 5. The van der Waals surface area contributed by atoms with Gasteiger partial charge in [-0.1, -0.05) is 17.7 Å². The van der Waals surface area contributed by atoms with Gasteiger partial charge in [0.15, 0.2) is 5.69 Å². The van der Waals surface area contributed by atoms with Crippen molar-refractivity contribution in [1.82, 2.24) is 20.0 Å². The first kappa shape index (κ1) is 23.3. The Morgan fingerprint density at radius 2 is 2.10 bits per heavy atom. The molecule has 1 amide bonds. The summed E-state index contributed by atoms with van der Waals surface area (Å²) in [6.45, 7) is 1.92. The van der Waals surface area contributed by atoms with Crippen LogP contribution in [0.1, 0.15) is 41.0 Å². The molecule has 0 bridgehead atoms. The van der Waals surface area contributed by atoms with E-state index in [9.17, 15) is 22.4 Å². The normalized spacial score (nSPS) is 18.0. The van der Waals surface area contributed by atoms with Gasteiger partial charge in [-0.3, -0.25) is 9.89 Å². The minimum absolute atomic E-state index is 0.0181. The summed E-state index contributed by atoms with van der Waals surface area (Å²) in [5, 5.41) is 5.73. The monoisotopic (exact) mass is 461 g/mol. The molecule has 0 aliphatic carbocycles. The van der Waals surface area contributed by atoms with E-state index in [0.717, 1.165) is 0 Å². The molecule has 170 valence electrons. The highest BCUT2D eigenvalue weighted by atomic mass is 35.5. The predicted molar refractivity (Wildman–Crippen MR) is 109 cm³/mol. The van der Waals surface area contributed by atoms with Crippen molar-refractivity contribution in [2.24, 2.45) is 0 Å². The lowest BCUT2D eigenvalue weighted by atomic mass is 10.1. The zero-order valence-electron chi connectivity index (χ0n) is 16.8. The number of carbonyl (C=O) groups is 1. The number of nitrogens with one attached hydrogen (secondary N) is 1. The Morgan fingerprint density at radius 3 is 2.77 bits per heavy atom. The molecule has 1 unspecified atom stereocenters. The van der Waals surface area contributed by atoms with Gasteiger partial charge in [0.1, 0.15) is 11.9 Å². The minimum Gasteiger partial charge on any atom is -0.398 e. The van der Waals surface area contributed by atoms with Crippen LogP contribution in [-0.4, -0.2) is 58.3 Å². The lowest BCUT2D eigenvalue weighted by molar-refractivity contribution is -0.141. The third kappa shape index (κ3) is 6.10. The third-order valence-corrected chi connectivity index (χ3v) is 5.68. The number of anilines is 1. The Hall–Kier alpha value is -2.33. The van der Waals surface area contributed by atoms with E-state index in [1.807, 2.05) is 4.90 Å². The predicted octanol–water partition coefficient (Wildman–Crippen LogP) is 4.13. The molecule has 3 N–H and O–H groups in total. The Kier molecular flexibility index (Phi) is 7.42. The van der Waals surface area contributed by atoms with Gasteiger partial charge in [0.25, 0.3) is 5.91 Å². The van der Waals surface area contributed by atoms with E-state index < -0.39 is 23.9 Å². The third-order valence-electron chi connectivity index (χ3n) is 5.33. The number of likely N-dealkylation sites (tertiary alicyclic amines) is 1.